The lowest BCUT2D eigenvalue weighted by Gasteiger charge is -2.41. The van der Waals surface area contributed by atoms with E-state index in [1.54, 1.807) is 25.3 Å². The molecule has 2 N–H and O–H groups in total. The van der Waals surface area contributed by atoms with Gasteiger partial charge in [0, 0.05) is 19.1 Å². The van der Waals surface area contributed by atoms with Crippen molar-refractivity contribution >= 4 is 38.4 Å². The molecule has 0 aromatic heterocycles. The Labute approximate surface area is 146 Å². The molecule has 2 rings (SSSR count). The largest absolute Gasteiger partial charge is 0.496 e. The first-order valence-electron chi connectivity index (χ1n) is 6.78. The predicted octanol–water partition coefficient (Wildman–Crippen LogP) is 2.63. The molecule has 1 fully saturated rings. The van der Waals surface area contributed by atoms with E-state index in [9.17, 15) is 8.42 Å². The van der Waals surface area contributed by atoms with Gasteiger partial charge in [-0.2, -0.15) is 4.31 Å². The zero-order valence-electron chi connectivity index (χ0n) is 12.9. The maximum absolute atomic E-state index is 12.8. The number of piperidine rings is 1. The van der Waals surface area contributed by atoms with Gasteiger partial charge in [-0.3, -0.25) is 0 Å². The third-order valence-electron chi connectivity index (χ3n) is 4.04. The average Bonchev–Trinajstić information content (AvgIpc) is 2.41. The summed E-state index contributed by atoms with van der Waals surface area (Å²) in [4.78, 5) is 0.265. The molecule has 1 aliphatic heterocycles. The van der Waals surface area contributed by atoms with Crippen LogP contribution in [0.15, 0.2) is 27.6 Å². The van der Waals surface area contributed by atoms with Gasteiger partial charge in [0.2, 0.25) is 10.0 Å². The molecular weight excluding hydrogens is 392 g/mol. The highest BCUT2D eigenvalue weighted by atomic mass is 79.9. The molecule has 1 saturated heterocycles. The van der Waals surface area contributed by atoms with Crippen LogP contribution in [0, 0.1) is 5.41 Å². The highest BCUT2D eigenvalue weighted by molar-refractivity contribution is 9.10. The Morgan fingerprint density at radius 2 is 2.05 bits per heavy atom. The van der Waals surface area contributed by atoms with Crippen molar-refractivity contribution in [1.82, 2.24) is 4.31 Å². The molecule has 1 atom stereocenters. The Hall–Kier alpha value is -0.340. The predicted molar refractivity (Wildman–Crippen MR) is 93.1 cm³/mol. The highest BCUT2D eigenvalue weighted by Gasteiger charge is 2.38. The number of ether oxygens (including phenoxy) is 1. The summed E-state index contributed by atoms with van der Waals surface area (Å²) >= 11 is 3.33. The van der Waals surface area contributed by atoms with Crippen molar-refractivity contribution < 1.29 is 13.2 Å². The van der Waals surface area contributed by atoms with Crippen LogP contribution in [0.1, 0.15) is 20.3 Å². The van der Waals surface area contributed by atoms with Gasteiger partial charge in [-0.05, 0) is 46.0 Å². The maximum Gasteiger partial charge on any atom is 0.243 e. The van der Waals surface area contributed by atoms with Crippen molar-refractivity contribution in [3.8, 4) is 5.75 Å². The van der Waals surface area contributed by atoms with Gasteiger partial charge in [-0.1, -0.05) is 13.8 Å². The molecular formula is C14H22BrClN2O3S. The zero-order valence-corrected chi connectivity index (χ0v) is 16.1. The molecule has 126 valence electrons. The summed E-state index contributed by atoms with van der Waals surface area (Å²) in [5.41, 5.74) is 5.85. The van der Waals surface area contributed by atoms with E-state index in [0.717, 1.165) is 0 Å². The van der Waals surface area contributed by atoms with E-state index in [1.165, 1.54) is 4.31 Å². The average molecular weight is 414 g/mol. The van der Waals surface area contributed by atoms with Gasteiger partial charge in [0.15, 0.2) is 0 Å². The summed E-state index contributed by atoms with van der Waals surface area (Å²) in [6.45, 7) is 4.89. The van der Waals surface area contributed by atoms with Gasteiger partial charge in [0.1, 0.15) is 5.75 Å². The number of nitrogens with two attached hydrogens (primary N) is 1. The normalized spacial score (nSPS) is 22.0. The minimum atomic E-state index is -3.51. The molecule has 0 saturated carbocycles. The smallest absolute Gasteiger partial charge is 0.243 e. The van der Waals surface area contributed by atoms with E-state index in [0.29, 0.717) is 29.7 Å². The molecule has 0 spiro atoms. The summed E-state index contributed by atoms with van der Waals surface area (Å²) in [5.74, 6) is 0.606. The third kappa shape index (κ3) is 3.76. The number of hydrogen-bond acceptors (Lipinski definition) is 4. The Bertz CT molecular complexity index is 637. The molecule has 8 heteroatoms. The Balaban J connectivity index is 0.00000242. The van der Waals surface area contributed by atoms with Gasteiger partial charge in [0.05, 0.1) is 16.5 Å². The van der Waals surface area contributed by atoms with E-state index in [1.807, 2.05) is 13.8 Å². The van der Waals surface area contributed by atoms with Crippen molar-refractivity contribution in [2.24, 2.45) is 11.1 Å². The molecule has 0 aliphatic carbocycles. The summed E-state index contributed by atoms with van der Waals surface area (Å²) < 4.78 is 32.8. The van der Waals surface area contributed by atoms with Crippen LogP contribution in [0.4, 0.5) is 0 Å². The SMILES string of the molecule is COc1ccc(S(=O)(=O)N2CCC(N)C(C)(C)C2)cc1Br.Cl. The van der Waals surface area contributed by atoms with Crippen LogP contribution < -0.4 is 10.5 Å². The second-order valence-corrected chi connectivity index (χ2v) is 8.81. The fraction of sp³-hybridized carbons (Fsp3) is 0.571. The van der Waals surface area contributed by atoms with Gasteiger partial charge in [-0.15, -0.1) is 12.4 Å². The second kappa shape index (κ2) is 7.05. The van der Waals surface area contributed by atoms with Crippen molar-refractivity contribution in [3.63, 3.8) is 0 Å². The zero-order chi connectivity index (χ0) is 15.8. The van der Waals surface area contributed by atoms with Crippen molar-refractivity contribution in [1.29, 1.82) is 0 Å². The van der Waals surface area contributed by atoms with Crippen LogP contribution in [0.2, 0.25) is 0 Å². The standard InChI is InChI=1S/C14H21BrN2O3S.ClH/c1-14(2)9-17(7-6-13(14)16)21(18,19)10-4-5-12(20-3)11(15)8-10;/h4-5,8,13H,6-7,9,16H2,1-3H3;1H. The first-order valence-corrected chi connectivity index (χ1v) is 9.01. The third-order valence-corrected chi connectivity index (χ3v) is 6.50. The van der Waals surface area contributed by atoms with E-state index in [4.69, 9.17) is 10.5 Å². The molecule has 1 aliphatic rings. The Kier molecular flexibility index (Phi) is 6.31. The number of nitrogens with zero attached hydrogens (tertiary/aromatic N) is 1. The molecule has 1 unspecified atom stereocenters. The van der Waals surface area contributed by atoms with E-state index in [2.05, 4.69) is 15.9 Å². The monoisotopic (exact) mass is 412 g/mol. The first kappa shape index (κ1) is 19.7. The van der Waals surface area contributed by atoms with Gasteiger partial charge >= 0.3 is 0 Å². The van der Waals surface area contributed by atoms with Gasteiger partial charge in [0.25, 0.3) is 0 Å². The van der Waals surface area contributed by atoms with Crippen LogP contribution in [-0.2, 0) is 10.0 Å². The fourth-order valence-corrected chi connectivity index (χ4v) is 4.83. The molecule has 1 aromatic carbocycles. The molecule has 5 nitrogen and oxygen atoms in total. The minimum Gasteiger partial charge on any atom is -0.496 e. The fourth-order valence-electron chi connectivity index (χ4n) is 2.49. The van der Waals surface area contributed by atoms with E-state index >= 15 is 0 Å². The molecule has 22 heavy (non-hydrogen) atoms. The molecule has 0 radical (unpaired) electrons. The topological polar surface area (TPSA) is 72.6 Å². The van der Waals surface area contributed by atoms with Crippen LogP contribution in [0.3, 0.4) is 0 Å². The molecule has 1 heterocycles. The van der Waals surface area contributed by atoms with Gasteiger partial charge in [-0.25, -0.2) is 8.42 Å². The second-order valence-electron chi connectivity index (χ2n) is 6.02. The van der Waals surface area contributed by atoms with Crippen molar-refractivity contribution in [3.05, 3.63) is 22.7 Å². The minimum absolute atomic E-state index is 0. The number of hydrogen-bond donors (Lipinski definition) is 1. The summed E-state index contributed by atoms with van der Waals surface area (Å²) in [5, 5.41) is 0. The van der Waals surface area contributed by atoms with Crippen LogP contribution >= 0.6 is 28.3 Å². The highest BCUT2D eigenvalue weighted by Crippen LogP contribution is 2.33. The molecule has 0 bridgehead atoms. The maximum atomic E-state index is 12.8. The summed E-state index contributed by atoms with van der Waals surface area (Å²) in [6, 6.07) is 4.82. The molecule has 0 amide bonds. The Morgan fingerprint density at radius 3 is 2.55 bits per heavy atom. The summed E-state index contributed by atoms with van der Waals surface area (Å²) in [6.07, 6.45) is 0.670. The lowest BCUT2D eigenvalue weighted by Crippen LogP contribution is -2.53. The molecule has 1 aromatic rings. The summed E-state index contributed by atoms with van der Waals surface area (Å²) in [7, 11) is -1.97. The number of halogens is 2. The lowest BCUT2D eigenvalue weighted by atomic mass is 9.81. The number of methoxy groups -OCH3 is 1. The quantitative estimate of drug-likeness (QED) is 0.827. The van der Waals surface area contributed by atoms with E-state index in [-0.39, 0.29) is 28.8 Å². The first-order chi connectivity index (χ1) is 9.68. The number of sulfonamides is 1. The van der Waals surface area contributed by atoms with Crippen LogP contribution in [0.5, 0.6) is 5.75 Å². The number of benzene rings is 1. The van der Waals surface area contributed by atoms with Crippen molar-refractivity contribution in [2.45, 2.75) is 31.2 Å². The van der Waals surface area contributed by atoms with Gasteiger partial charge < -0.3 is 10.5 Å². The lowest BCUT2D eigenvalue weighted by molar-refractivity contribution is 0.155. The Morgan fingerprint density at radius 1 is 1.41 bits per heavy atom. The number of rotatable bonds is 3. The van der Waals surface area contributed by atoms with Crippen molar-refractivity contribution in [2.75, 3.05) is 20.2 Å². The van der Waals surface area contributed by atoms with Crippen LogP contribution in [0.25, 0.3) is 0 Å². The van der Waals surface area contributed by atoms with Crippen LogP contribution in [-0.4, -0.2) is 39.0 Å². The van der Waals surface area contributed by atoms with E-state index < -0.39 is 10.0 Å².